The number of aliphatic hydroxyl groups excluding tert-OH is 1. The quantitative estimate of drug-likeness (QED) is 0.616. The van der Waals surface area contributed by atoms with Crippen LogP contribution in [0.2, 0.25) is 0 Å². The van der Waals surface area contributed by atoms with E-state index in [1.807, 2.05) is 0 Å². The van der Waals surface area contributed by atoms with Gasteiger partial charge in [-0.25, -0.2) is 14.4 Å². The minimum absolute atomic E-state index is 0.211. The molecule has 0 aromatic rings. The Morgan fingerprint density at radius 3 is 2.50 bits per heavy atom. The van der Waals surface area contributed by atoms with Gasteiger partial charge in [-0.1, -0.05) is 6.08 Å². The molecule has 0 saturated carbocycles. The summed E-state index contributed by atoms with van der Waals surface area (Å²) >= 11 is 0. The zero-order valence-electron chi connectivity index (χ0n) is 12.2. The number of esters is 1. The largest absolute Gasteiger partial charge is 0.464 e. The highest BCUT2D eigenvalue weighted by Crippen LogP contribution is 2.18. The van der Waals surface area contributed by atoms with E-state index >= 15 is 0 Å². The minimum atomic E-state index is -1.02. The number of hydrogen-bond donors (Lipinski definition) is 1. The number of ether oxygens (including phenoxy) is 2. The summed E-state index contributed by atoms with van der Waals surface area (Å²) in [7, 11) is 0. The highest BCUT2D eigenvalue weighted by atomic mass is 16.7. The van der Waals surface area contributed by atoms with E-state index in [1.165, 1.54) is 12.2 Å². The van der Waals surface area contributed by atoms with Crippen LogP contribution in [0.4, 0.5) is 4.79 Å². The summed E-state index contributed by atoms with van der Waals surface area (Å²) in [4.78, 5) is 28.8. The fourth-order valence-corrected chi connectivity index (χ4v) is 1.51. The third-order valence-corrected chi connectivity index (χ3v) is 2.32. The molecule has 0 aromatic carbocycles. The first-order valence-electron chi connectivity index (χ1n) is 6.43. The van der Waals surface area contributed by atoms with Crippen molar-refractivity contribution in [3.63, 3.8) is 0 Å². The van der Waals surface area contributed by atoms with Gasteiger partial charge in [-0.15, -0.1) is 0 Å². The second-order valence-corrected chi connectivity index (χ2v) is 5.22. The van der Waals surface area contributed by atoms with Crippen molar-refractivity contribution in [3.8, 4) is 0 Å². The van der Waals surface area contributed by atoms with Gasteiger partial charge in [0.15, 0.2) is 0 Å². The normalized spacial score (nSPS) is 22.6. The average molecular weight is 287 g/mol. The smallest absolute Gasteiger partial charge is 0.435 e. The third kappa shape index (κ3) is 4.50. The average Bonchev–Trinajstić information content (AvgIpc) is 2.36. The van der Waals surface area contributed by atoms with Gasteiger partial charge in [-0.2, -0.15) is 5.06 Å². The SMILES string of the molecule is CCOC(=O)[C@H]1C=C[C@@H](CO)N(C(=O)OC(C)(C)C)O1. The molecule has 1 aliphatic rings. The molecular weight excluding hydrogens is 266 g/mol. The lowest BCUT2D eigenvalue weighted by molar-refractivity contribution is -0.208. The monoisotopic (exact) mass is 287 g/mol. The van der Waals surface area contributed by atoms with Gasteiger partial charge in [0, 0.05) is 0 Å². The van der Waals surface area contributed by atoms with Crippen LogP contribution in [-0.4, -0.2) is 53.2 Å². The van der Waals surface area contributed by atoms with Crippen LogP contribution in [0.3, 0.4) is 0 Å². The molecule has 20 heavy (non-hydrogen) atoms. The number of amides is 1. The Labute approximate surface area is 118 Å². The van der Waals surface area contributed by atoms with Crippen LogP contribution >= 0.6 is 0 Å². The van der Waals surface area contributed by atoms with Crippen molar-refractivity contribution in [1.29, 1.82) is 0 Å². The first-order chi connectivity index (χ1) is 9.28. The second kappa shape index (κ2) is 6.71. The lowest BCUT2D eigenvalue weighted by Crippen LogP contribution is -2.49. The van der Waals surface area contributed by atoms with Crippen LogP contribution in [-0.2, 0) is 19.1 Å². The maximum absolute atomic E-state index is 12.0. The first-order valence-corrected chi connectivity index (χ1v) is 6.43. The van der Waals surface area contributed by atoms with Crippen LogP contribution in [0.25, 0.3) is 0 Å². The van der Waals surface area contributed by atoms with Crippen molar-refractivity contribution in [2.45, 2.75) is 45.4 Å². The number of carbonyl (C=O) groups excluding carboxylic acids is 2. The van der Waals surface area contributed by atoms with E-state index in [0.29, 0.717) is 0 Å². The fourth-order valence-electron chi connectivity index (χ4n) is 1.51. The highest BCUT2D eigenvalue weighted by molar-refractivity contribution is 5.78. The molecule has 1 amide bonds. The van der Waals surface area contributed by atoms with E-state index in [1.54, 1.807) is 27.7 Å². The summed E-state index contributed by atoms with van der Waals surface area (Å²) in [5, 5.41) is 10.1. The van der Waals surface area contributed by atoms with E-state index in [9.17, 15) is 14.7 Å². The van der Waals surface area contributed by atoms with Crippen LogP contribution in [0, 0.1) is 0 Å². The van der Waals surface area contributed by atoms with E-state index in [-0.39, 0.29) is 13.2 Å². The van der Waals surface area contributed by atoms with Crippen molar-refractivity contribution in [2.75, 3.05) is 13.2 Å². The molecule has 0 unspecified atom stereocenters. The van der Waals surface area contributed by atoms with Gasteiger partial charge in [0.1, 0.15) is 11.6 Å². The molecule has 7 nitrogen and oxygen atoms in total. The van der Waals surface area contributed by atoms with Crippen molar-refractivity contribution in [2.24, 2.45) is 0 Å². The summed E-state index contributed by atoms with van der Waals surface area (Å²) in [6.07, 6.45) is 1.16. The molecule has 0 spiro atoms. The van der Waals surface area contributed by atoms with Gasteiger partial charge in [-0.05, 0) is 33.8 Å². The van der Waals surface area contributed by atoms with E-state index < -0.39 is 29.8 Å². The fraction of sp³-hybridized carbons (Fsp3) is 0.692. The molecule has 1 N–H and O–H groups in total. The van der Waals surface area contributed by atoms with Crippen LogP contribution < -0.4 is 0 Å². The molecule has 0 aromatic heterocycles. The summed E-state index contributed by atoms with van der Waals surface area (Å²) in [5.41, 5.74) is -0.707. The van der Waals surface area contributed by atoms with Crippen molar-refractivity contribution in [3.05, 3.63) is 12.2 Å². The molecule has 0 radical (unpaired) electrons. The van der Waals surface area contributed by atoms with Crippen LogP contribution in [0.5, 0.6) is 0 Å². The lowest BCUT2D eigenvalue weighted by atomic mass is 10.2. The molecule has 0 bridgehead atoms. The van der Waals surface area contributed by atoms with Crippen molar-refractivity contribution in [1.82, 2.24) is 5.06 Å². The van der Waals surface area contributed by atoms with E-state index in [4.69, 9.17) is 14.3 Å². The third-order valence-electron chi connectivity index (χ3n) is 2.32. The molecule has 2 atom stereocenters. The zero-order chi connectivity index (χ0) is 15.3. The molecule has 7 heteroatoms. The molecule has 1 heterocycles. The Morgan fingerprint density at radius 2 is 2.00 bits per heavy atom. The maximum atomic E-state index is 12.0. The molecule has 0 aliphatic carbocycles. The summed E-state index contributed by atoms with van der Waals surface area (Å²) in [5.74, 6) is -0.603. The number of aliphatic hydroxyl groups is 1. The number of carbonyl (C=O) groups is 2. The number of hydrogen-bond acceptors (Lipinski definition) is 6. The Morgan fingerprint density at radius 1 is 1.35 bits per heavy atom. The molecule has 0 fully saturated rings. The standard InChI is InChI=1S/C13H21NO6/c1-5-18-11(16)10-7-6-9(8-15)14(20-10)12(17)19-13(2,3)4/h6-7,9-10,15H,5,8H2,1-4H3/t9-,10+/m0/s1. The molecule has 1 aliphatic heterocycles. The van der Waals surface area contributed by atoms with Crippen molar-refractivity contribution >= 4 is 12.1 Å². The highest BCUT2D eigenvalue weighted by Gasteiger charge is 2.35. The number of rotatable bonds is 3. The minimum Gasteiger partial charge on any atom is -0.464 e. The van der Waals surface area contributed by atoms with Crippen molar-refractivity contribution < 1.29 is 29.0 Å². The Kier molecular flexibility index (Phi) is 5.52. The Bertz CT molecular complexity index is 387. The molecule has 1 rings (SSSR count). The molecule has 0 saturated heterocycles. The number of hydroxylamine groups is 2. The van der Waals surface area contributed by atoms with Gasteiger partial charge in [-0.3, -0.25) is 0 Å². The summed E-state index contributed by atoms with van der Waals surface area (Å²) in [6, 6.07) is -0.699. The molecular formula is C13H21NO6. The van der Waals surface area contributed by atoms with Gasteiger partial charge in [0.05, 0.1) is 13.2 Å². The van der Waals surface area contributed by atoms with Gasteiger partial charge < -0.3 is 14.6 Å². The van der Waals surface area contributed by atoms with E-state index in [2.05, 4.69) is 0 Å². The second-order valence-electron chi connectivity index (χ2n) is 5.22. The van der Waals surface area contributed by atoms with E-state index in [0.717, 1.165) is 5.06 Å². The lowest BCUT2D eigenvalue weighted by Gasteiger charge is -2.34. The zero-order valence-corrected chi connectivity index (χ0v) is 12.2. The molecule has 114 valence electrons. The van der Waals surface area contributed by atoms with Crippen LogP contribution in [0.1, 0.15) is 27.7 Å². The maximum Gasteiger partial charge on any atom is 0.435 e. The topological polar surface area (TPSA) is 85.3 Å². The summed E-state index contributed by atoms with van der Waals surface area (Å²) < 4.78 is 9.98. The summed E-state index contributed by atoms with van der Waals surface area (Å²) in [6.45, 7) is 6.67. The Hall–Kier alpha value is -1.60. The number of nitrogens with zero attached hydrogens (tertiary/aromatic N) is 1. The van der Waals surface area contributed by atoms with Gasteiger partial charge in [0.25, 0.3) is 0 Å². The van der Waals surface area contributed by atoms with Gasteiger partial charge in [0.2, 0.25) is 6.10 Å². The predicted molar refractivity (Wildman–Crippen MR) is 69.6 cm³/mol. The Balaban J connectivity index is 2.80. The first kappa shape index (κ1) is 16.5. The predicted octanol–water partition coefficient (Wildman–Crippen LogP) is 1.02. The van der Waals surface area contributed by atoms with Gasteiger partial charge >= 0.3 is 12.1 Å². The van der Waals surface area contributed by atoms with Crippen LogP contribution in [0.15, 0.2) is 12.2 Å².